The number of ether oxygens (including phenoxy) is 1. The molecule has 0 bridgehead atoms. The molecule has 0 unspecified atom stereocenters. The zero-order valence-corrected chi connectivity index (χ0v) is 9.91. The lowest BCUT2D eigenvalue weighted by Gasteiger charge is -2.25. The van der Waals surface area contributed by atoms with Gasteiger partial charge in [0, 0.05) is 10.2 Å². The Morgan fingerprint density at radius 2 is 2.29 bits per heavy atom. The Kier molecular flexibility index (Phi) is 3.47. The molecule has 1 nitrogen and oxygen atoms in total. The van der Waals surface area contributed by atoms with Crippen molar-refractivity contribution in [3.8, 4) is 0 Å². The van der Waals surface area contributed by atoms with Gasteiger partial charge < -0.3 is 4.74 Å². The molecule has 0 aromatic heterocycles. The number of halogens is 2. The van der Waals surface area contributed by atoms with Crippen LogP contribution in [0.3, 0.4) is 0 Å². The van der Waals surface area contributed by atoms with Gasteiger partial charge in [-0.2, -0.15) is 0 Å². The van der Waals surface area contributed by atoms with Crippen molar-refractivity contribution in [2.45, 2.75) is 11.0 Å². The summed E-state index contributed by atoms with van der Waals surface area (Å²) in [6.07, 6.45) is 0. The molecule has 1 aliphatic rings. The van der Waals surface area contributed by atoms with Crippen LogP contribution in [0.1, 0.15) is 5.56 Å². The minimum absolute atomic E-state index is 0.132. The van der Waals surface area contributed by atoms with Crippen LogP contribution in [0.2, 0.25) is 0 Å². The zero-order chi connectivity index (χ0) is 9.97. The lowest BCUT2D eigenvalue weighted by atomic mass is 10.2. The fraction of sp³-hybridized carbons (Fsp3) is 0.400. The maximum atomic E-state index is 13.3. The number of thioether (sulfide) groups is 1. The van der Waals surface area contributed by atoms with Crippen molar-refractivity contribution in [3.63, 3.8) is 0 Å². The molecule has 1 aromatic carbocycles. The van der Waals surface area contributed by atoms with Crippen LogP contribution in [-0.2, 0) is 10.5 Å². The SMILES string of the molecule is Fc1cc(Br)ccc1CSC1COC1. The Hall–Kier alpha value is -0.0600. The van der Waals surface area contributed by atoms with Gasteiger partial charge in [-0.3, -0.25) is 0 Å². The Morgan fingerprint density at radius 3 is 2.86 bits per heavy atom. The summed E-state index contributed by atoms with van der Waals surface area (Å²) < 4.78 is 19.2. The van der Waals surface area contributed by atoms with E-state index in [-0.39, 0.29) is 5.82 Å². The summed E-state index contributed by atoms with van der Waals surface area (Å²) in [7, 11) is 0. The van der Waals surface area contributed by atoms with Gasteiger partial charge in [0.2, 0.25) is 0 Å². The number of benzene rings is 1. The van der Waals surface area contributed by atoms with Gasteiger partial charge in [0.1, 0.15) is 5.82 Å². The molecule has 76 valence electrons. The lowest BCUT2D eigenvalue weighted by molar-refractivity contribution is 0.0455. The fourth-order valence-corrected chi connectivity index (χ4v) is 2.52. The first-order valence-corrected chi connectivity index (χ1v) is 6.23. The normalized spacial score (nSPS) is 16.7. The van der Waals surface area contributed by atoms with E-state index in [2.05, 4.69) is 15.9 Å². The van der Waals surface area contributed by atoms with Gasteiger partial charge >= 0.3 is 0 Å². The Labute approximate surface area is 95.2 Å². The third kappa shape index (κ3) is 2.49. The van der Waals surface area contributed by atoms with Crippen molar-refractivity contribution in [2.24, 2.45) is 0 Å². The predicted molar refractivity (Wildman–Crippen MR) is 60.0 cm³/mol. The summed E-state index contributed by atoms with van der Waals surface area (Å²) >= 11 is 4.99. The van der Waals surface area contributed by atoms with Gasteiger partial charge in [0.05, 0.1) is 18.5 Å². The molecule has 14 heavy (non-hydrogen) atoms. The highest BCUT2D eigenvalue weighted by Gasteiger charge is 2.18. The van der Waals surface area contributed by atoms with Crippen LogP contribution >= 0.6 is 27.7 Å². The van der Waals surface area contributed by atoms with E-state index in [1.54, 1.807) is 11.8 Å². The standard InChI is InChI=1S/C10H10BrFOS/c11-8-2-1-7(10(12)3-8)6-14-9-4-13-5-9/h1-3,9H,4-6H2. The molecule has 1 saturated heterocycles. The highest BCUT2D eigenvalue weighted by molar-refractivity contribution is 9.10. The molecule has 0 atom stereocenters. The van der Waals surface area contributed by atoms with E-state index in [0.717, 1.165) is 29.0 Å². The van der Waals surface area contributed by atoms with E-state index < -0.39 is 0 Å². The first-order chi connectivity index (χ1) is 6.75. The van der Waals surface area contributed by atoms with E-state index >= 15 is 0 Å². The topological polar surface area (TPSA) is 9.23 Å². The first-order valence-electron chi connectivity index (χ1n) is 4.39. The van der Waals surface area contributed by atoms with Crippen LogP contribution in [0.15, 0.2) is 22.7 Å². The van der Waals surface area contributed by atoms with Crippen LogP contribution in [-0.4, -0.2) is 18.5 Å². The Balaban J connectivity index is 1.94. The summed E-state index contributed by atoms with van der Waals surface area (Å²) in [6.45, 7) is 1.62. The molecule has 2 rings (SSSR count). The molecule has 4 heteroatoms. The van der Waals surface area contributed by atoms with Crippen molar-refractivity contribution < 1.29 is 9.13 Å². The molecular weight excluding hydrogens is 267 g/mol. The van der Waals surface area contributed by atoms with Crippen molar-refractivity contribution in [1.82, 2.24) is 0 Å². The third-order valence-corrected chi connectivity index (χ3v) is 3.81. The van der Waals surface area contributed by atoms with E-state index in [0.29, 0.717) is 5.25 Å². The molecule has 0 amide bonds. The van der Waals surface area contributed by atoms with Crippen molar-refractivity contribution in [1.29, 1.82) is 0 Å². The van der Waals surface area contributed by atoms with E-state index in [1.807, 2.05) is 12.1 Å². The number of hydrogen-bond donors (Lipinski definition) is 0. The number of rotatable bonds is 3. The van der Waals surface area contributed by atoms with Gasteiger partial charge in [0.15, 0.2) is 0 Å². The quantitative estimate of drug-likeness (QED) is 0.839. The summed E-state index contributed by atoms with van der Waals surface area (Å²) in [6, 6.07) is 5.20. The van der Waals surface area contributed by atoms with Crippen LogP contribution in [0.4, 0.5) is 4.39 Å². The Bertz CT molecular complexity index is 328. The molecule has 1 aliphatic heterocycles. The summed E-state index contributed by atoms with van der Waals surface area (Å²) in [5, 5.41) is 0.554. The Morgan fingerprint density at radius 1 is 1.50 bits per heavy atom. The van der Waals surface area contributed by atoms with Crippen LogP contribution in [0.25, 0.3) is 0 Å². The van der Waals surface area contributed by atoms with Crippen molar-refractivity contribution >= 4 is 27.7 Å². The molecular formula is C10H10BrFOS. The van der Waals surface area contributed by atoms with Gasteiger partial charge in [-0.1, -0.05) is 22.0 Å². The second-order valence-electron chi connectivity index (χ2n) is 3.21. The highest BCUT2D eigenvalue weighted by atomic mass is 79.9. The molecule has 0 saturated carbocycles. The van der Waals surface area contributed by atoms with E-state index in [9.17, 15) is 4.39 Å². The second kappa shape index (κ2) is 4.64. The number of hydrogen-bond acceptors (Lipinski definition) is 2. The molecule has 0 radical (unpaired) electrons. The molecule has 0 aliphatic carbocycles. The zero-order valence-electron chi connectivity index (χ0n) is 7.50. The van der Waals surface area contributed by atoms with Gasteiger partial charge in [0.25, 0.3) is 0 Å². The smallest absolute Gasteiger partial charge is 0.128 e. The molecule has 1 aromatic rings. The molecule has 1 heterocycles. The summed E-state index contributed by atoms with van der Waals surface area (Å²) in [4.78, 5) is 0. The van der Waals surface area contributed by atoms with Crippen LogP contribution in [0.5, 0.6) is 0 Å². The average molecular weight is 277 g/mol. The minimum atomic E-state index is -0.132. The molecule has 0 N–H and O–H groups in total. The fourth-order valence-electron chi connectivity index (χ4n) is 1.16. The van der Waals surface area contributed by atoms with Crippen molar-refractivity contribution in [3.05, 3.63) is 34.1 Å². The van der Waals surface area contributed by atoms with Gasteiger partial charge in [-0.25, -0.2) is 4.39 Å². The van der Waals surface area contributed by atoms with Gasteiger partial charge in [-0.05, 0) is 17.7 Å². The van der Waals surface area contributed by atoms with Crippen LogP contribution < -0.4 is 0 Å². The molecule has 0 spiro atoms. The van der Waals surface area contributed by atoms with Crippen LogP contribution in [0, 0.1) is 5.82 Å². The van der Waals surface area contributed by atoms with Gasteiger partial charge in [-0.15, -0.1) is 11.8 Å². The van der Waals surface area contributed by atoms with Crippen molar-refractivity contribution in [2.75, 3.05) is 13.2 Å². The first kappa shape index (κ1) is 10.5. The predicted octanol–water partition coefficient (Wildman–Crippen LogP) is 3.22. The lowest BCUT2D eigenvalue weighted by Crippen LogP contribution is -2.30. The second-order valence-corrected chi connectivity index (χ2v) is 5.41. The highest BCUT2D eigenvalue weighted by Crippen LogP contribution is 2.25. The summed E-state index contributed by atoms with van der Waals surface area (Å²) in [5.41, 5.74) is 0.769. The van der Waals surface area contributed by atoms with E-state index in [4.69, 9.17) is 4.74 Å². The minimum Gasteiger partial charge on any atom is -0.379 e. The average Bonchev–Trinajstić information content (AvgIpc) is 2.05. The largest absolute Gasteiger partial charge is 0.379 e. The van der Waals surface area contributed by atoms with E-state index in [1.165, 1.54) is 6.07 Å². The molecule has 1 fully saturated rings. The monoisotopic (exact) mass is 276 g/mol. The maximum absolute atomic E-state index is 13.3. The third-order valence-electron chi connectivity index (χ3n) is 2.10. The maximum Gasteiger partial charge on any atom is 0.128 e. The summed E-state index contributed by atoms with van der Waals surface area (Å²) in [5.74, 6) is 0.597.